The smallest absolute Gasteiger partial charge is 0.239 e. The third kappa shape index (κ3) is 3.69. The van der Waals surface area contributed by atoms with Crippen molar-refractivity contribution < 1.29 is 4.79 Å². The van der Waals surface area contributed by atoms with Crippen molar-refractivity contribution in [3.63, 3.8) is 0 Å². The first kappa shape index (κ1) is 13.8. The molecule has 1 amide bonds. The number of piperidine rings is 1. The van der Waals surface area contributed by atoms with Gasteiger partial charge in [0.15, 0.2) is 0 Å². The van der Waals surface area contributed by atoms with E-state index in [2.05, 4.69) is 10.2 Å². The normalized spacial score (nSPS) is 23.9. The summed E-state index contributed by atoms with van der Waals surface area (Å²) in [5, 5.41) is 3.62. The molecule has 1 aliphatic heterocycles. The van der Waals surface area contributed by atoms with Gasteiger partial charge in [0.1, 0.15) is 0 Å². The Hall–Kier alpha value is -0.610. The lowest BCUT2D eigenvalue weighted by Gasteiger charge is -2.36. The van der Waals surface area contributed by atoms with Crippen LogP contribution in [0.1, 0.15) is 32.6 Å². The number of nitrogens with one attached hydrogen (secondary N) is 1. The highest BCUT2D eigenvalue weighted by atomic mass is 16.2. The molecule has 0 aromatic rings. The highest BCUT2D eigenvalue weighted by molar-refractivity contribution is 5.80. The van der Waals surface area contributed by atoms with E-state index in [1.54, 1.807) is 4.90 Å². The zero-order chi connectivity index (χ0) is 13.1. The fourth-order valence-corrected chi connectivity index (χ4v) is 2.70. The van der Waals surface area contributed by atoms with Gasteiger partial charge in [-0.05, 0) is 58.2 Å². The van der Waals surface area contributed by atoms with Crippen molar-refractivity contribution in [2.45, 2.75) is 44.7 Å². The lowest BCUT2D eigenvalue weighted by Crippen LogP contribution is -2.48. The van der Waals surface area contributed by atoms with Gasteiger partial charge >= 0.3 is 0 Å². The van der Waals surface area contributed by atoms with E-state index in [-0.39, 0.29) is 11.9 Å². The lowest BCUT2D eigenvalue weighted by atomic mass is 9.95. The Bertz CT molecular complexity index is 281. The average molecular weight is 253 g/mol. The van der Waals surface area contributed by atoms with Crippen LogP contribution in [-0.2, 0) is 4.79 Å². The summed E-state index contributed by atoms with van der Waals surface area (Å²) < 4.78 is 0. The fraction of sp³-hybridized carbons (Fsp3) is 0.929. The first-order chi connectivity index (χ1) is 8.58. The fourth-order valence-electron chi connectivity index (χ4n) is 2.70. The number of hydrogen-bond acceptors (Lipinski definition) is 3. The van der Waals surface area contributed by atoms with E-state index in [9.17, 15) is 4.79 Å². The predicted molar refractivity (Wildman–Crippen MR) is 73.5 cm³/mol. The second kappa shape index (κ2) is 6.02. The van der Waals surface area contributed by atoms with Crippen molar-refractivity contribution in [1.29, 1.82) is 0 Å². The predicted octanol–water partition coefficient (Wildman–Crippen LogP) is 0.927. The standard InChI is InChI=1S/C14H27N3O/c1-11(14(18)16(2)3)17-8-6-12(7-9-17)10-15-13-4-5-13/h11-13,15H,4-10H2,1-3H3. The minimum atomic E-state index is 0.0392. The van der Waals surface area contributed by atoms with Gasteiger partial charge < -0.3 is 10.2 Å². The Kier molecular flexibility index (Phi) is 4.62. The molecule has 1 aliphatic carbocycles. The summed E-state index contributed by atoms with van der Waals surface area (Å²) in [5.74, 6) is 1.04. The van der Waals surface area contributed by atoms with E-state index in [0.29, 0.717) is 0 Å². The minimum absolute atomic E-state index is 0.0392. The van der Waals surface area contributed by atoms with Crippen LogP contribution in [-0.4, -0.2) is 61.5 Å². The number of rotatable bonds is 5. The van der Waals surface area contributed by atoms with Gasteiger partial charge in [-0.3, -0.25) is 9.69 Å². The van der Waals surface area contributed by atoms with E-state index < -0.39 is 0 Å². The third-order valence-corrected chi connectivity index (χ3v) is 4.27. The molecule has 4 nitrogen and oxygen atoms in total. The summed E-state index contributed by atoms with van der Waals surface area (Å²) in [4.78, 5) is 15.9. The summed E-state index contributed by atoms with van der Waals surface area (Å²) in [6.45, 7) is 5.34. The average Bonchev–Trinajstić information content (AvgIpc) is 3.19. The number of likely N-dealkylation sites (N-methyl/N-ethyl adjacent to an activating group) is 1. The van der Waals surface area contributed by atoms with Crippen molar-refractivity contribution in [1.82, 2.24) is 15.1 Å². The Morgan fingerprint density at radius 3 is 2.39 bits per heavy atom. The summed E-state index contributed by atoms with van der Waals surface area (Å²) in [5.41, 5.74) is 0. The second-order valence-electron chi connectivity index (χ2n) is 6.07. The molecule has 1 N–H and O–H groups in total. The molecule has 0 spiro atoms. The van der Waals surface area contributed by atoms with Crippen LogP contribution in [0.4, 0.5) is 0 Å². The van der Waals surface area contributed by atoms with Crippen molar-refractivity contribution >= 4 is 5.91 Å². The maximum absolute atomic E-state index is 11.9. The quantitative estimate of drug-likeness (QED) is 0.791. The molecule has 18 heavy (non-hydrogen) atoms. The van der Waals surface area contributed by atoms with Crippen LogP contribution in [0.3, 0.4) is 0 Å². The molecule has 2 aliphatic rings. The van der Waals surface area contributed by atoms with Crippen LogP contribution in [0.15, 0.2) is 0 Å². The molecule has 1 atom stereocenters. The van der Waals surface area contributed by atoms with Gasteiger partial charge in [0.2, 0.25) is 5.91 Å². The molecule has 1 saturated heterocycles. The second-order valence-corrected chi connectivity index (χ2v) is 6.07. The van der Waals surface area contributed by atoms with Gasteiger partial charge in [-0.2, -0.15) is 0 Å². The summed E-state index contributed by atoms with van der Waals surface area (Å²) >= 11 is 0. The Morgan fingerprint density at radius 1 is 1.28 bits per heavy atom. The van der Waals surface area contributed by atoms with Crippen LogP contribution >= 0.6 is 0 Å². The first-order valence-electron chi connectivity index (χ1n) is 7.26. The monoisotopic (exact) mass is 253 g/mol. The molecule has 1 unspecified atom stereocenters. The van der Waals surface area contributed by atoms with E-state index in [4.69, 9.17) is 0 Å². The number of carbonyl (C=O) groups is 1. The van der Waals surface area contributed by atoms with Gasteiger partial charge in [-0.15, -0.1) is 0 Å². The van der Waals surface area contributed by atoms with Crippen molar-refractivity contribution in [3.05, 3.63) is 0 Å². The van der Waals surface area contributed by atoms with Gasteiger partial charge in [0.25, 0.3) is 0 Å². The molecule has 0 aromatic carbocycles. The highest BCUT2D eigenvalue weighted by Crippen LogP contribution is 2.22. The van der Waals surface area contributed by atoms with Gasteiger partial charge in [-0.1, -0.05) is 0 Å². The number of likely N-dealkylation sites (tertiary alicyclic amines) is 1. The van der Waals surface area contributed by atoms with Crippen LogP contribution in [0.25, 0.3) is 0 Å². The summed E-state index contributed by atoms with van der Waals surface area (Å²) in [6.07, 6.45) is 5.19. The Morgan fingerprint density at radius 2 is 1.89 bits per heavy atom. The lowest BCUT2D eigenvalue weighted by molar-refractivity contribution is -0.134. The van der Waals surface area contributed by atoms with Crippen LogP contribution < -0.4 is 5.32 Å². The summed E-state index contributed by atoms with van der Waals surface area (Å²) in [6, 6.07) is 0.856. The maximum Gasteiger partial charge on any atom is 0.239 e. The van der Waals surface area contributed by atoms with E-state index in [1.165, 1.54) is 32.2 Å². The van der Waals surface area contributed by atoms with Crippen molar-refractivity contribution in [3.8, 4) is 0 Å². The molecule has 0 radical (unpaired) electrons. The Balaban J connectivity index is 1.69. The van der Waals surface area contributed by atoms with Crippen LogP contribution in [0.2, 0.25) is 0 Å². The largest absolute Gasteiger partial charge is 0.347 e. The van der Waals surface area contributed by atoms with E-state index in [0.717, 1.165) is 25.0 Å². The van der Waals surface area contributed by atoms with E-state index in [1.807, 2.05) is 21.0 Å². The molecular formula is C14H27N3O. The van der Waals surface area contributed by atoms with Crippen LogP contribution in [0.5, 0.6) is 0 Å². The number of nitrogens with zero attached hydrogens (tertiary/aromatic N) is 2. The molecular weight excluding hydrogens is 226 g/mol. The first-order valence-corrected chi connectivity index (χ1v) is 7.26. The molecule has 2 rings (SSSR count). The SMILES string of the molecule is CC(C(=O)N(C)C)N1CCC(CNC2CC2)CC1. The highest BCUT2D eigenvalue weighted by Gasteiger charge is 2.28. The van der Waals surface area contributed by atoms with Gasteiger partial charge in [0, 0.05) is 20.1 Å². The Labute approximate surface area is 111 Å². The number of hydrogen-bond donors (Lipinski definition) is 1. The summed E-state index contributed by atoms with van der Waals surface area (Å²) in [7, 11) is 3.68. The topological polar surface area (TPSA) is 35.6 Å². The zero-order valence-electron chi connectivity index (χ0n) is 12.0. The number of carbonyl (C=O) groups excluding carboxylic acids is 1. The van der Waals surface area contributed by atoms with Crippen LogP contribution in [0, 0.1) is 5.92 Å². The van der Waals surface area contributed by atoms with Crippen molar-refractivity contribution in [2.24, 2.45) is 5.92 Å². The zero-order valence-corrected chi connectivity index (χ0v) is 12.0. The van der Waals surface area contributed by atoms with Gasteiger partial charge in [0.05, 0.1) is 6.04 Å². The van der Waals surface area contributed by atoms with E-state index >= 15 is 0 Å². The molecule has 104 valence electrons. The molecule has 1 saturated carbocycles. The molecule has 2 fully saturated rings. The number of amides is 1. The molecule has 1 heterocycles. The molecule has 0 bridgehead atoms. The minimum Gasteiger partial charge on any atom is -0.347 e. The molecule has 4 heteroatoms. The van der Waals surface area contributed by atoms with Gasteiger partial charge in [-0.25, -0.2) is 0 Å². The third-order valence-electron chi connectivity index (χ3n) is 4.27. The van der Waals surface area contributed by atoms with Crippen molar-refractivity contribution in [2.75, 3.05) is 33.7 Å². The molecule has 0 aromatic heterocycles. The maximum atomic E-state index is 11.9.